The summed E-state index contributed by atoms with van der Waals surface area (Å²) >= 11 is 0. The molecule has 0 N–H and O–H groups in total. The summed E-state index contributed by atoms with van der Waals surface area (Å²) in [6.45, 7) is 3.06. The first-order valence-corrected chi connectivity index (χ1v) is 11.4. The number of hydrogen-bond acceptors (Lipinski definition) is 2. The summed E-state index contributed by atoms with van der Waals surface area (Å²) in [6.07, 6.45) is 12.8. The van der Waals surface area contributed by atoms with Gasteiger partial charge in [-0.25, -0.2) is 4.39 Å². The topological polar surface area (TPSA) is 18.5 Å². The highest BCUT2D eigenvalue weighted by Gasteiger charge is 2.40. The SMILES string of the molecule is CCCC1CCC2C(COC3CCC(c4ccc(OC)c(F)c4F)CC3)=CCC12. The van der Waals surface area contributed by atoms with Crippen molar-refractivity contribution in [2.45, 2.75) is 76.7 Å². The van der Waals surface area contributed by atoms with E-state index in [1.165, 1.54) is 50.9 Å². The molecular weight excluding hydrogens is 370 g/mol. The lowest BCUT2D eigenvalue weighted by molar-refractivity contribution is 0.0348. The molecule has 0 aliphatic heterocycles. The van der Waals surface area contributed by atoms with Crippen molar-refractivity contribution in [3.05, 3.63) is 41.0 Å². The van der Waals surface area contributed by atoms with E-state index in [9.17, 15) is 8.78 Å². The van der Waals surface area contributed by atoms with Crippen LogP contribution in [0.1, 0.15) is 76.2 Å². The Kier molecular flexibility index (Phi) is 6.58. The summed E-state index contributed by atoms with van der Waals surface area (Å²) in [6, 6.07) is 3.21. The number of allylic oxidation sites excluding steroid dienone is 1. The maximum atomic E-state index is 14.4. The third-order valence-corrected chi connectivity index (χ3v) is 7.66. The highest BCUT2D eigenvalue weighted by molar-refractivity contribution is 5.33. The van der Waals surface area contributed by atoms with Crippen LogP contribution in [0.15, 0.2) is 23.8 Å². The van der Waals surface area contributed by atoms with Gasteiger partial charge in [0.1, 0.15) is 0 Å². The van der Waals surface area contributed by atoms with E-state index < -0.39 is 11.6 Å². The number of fused-ring (bicyclic) bond motifs is 1. The molecule has 4 rings (SSSR count). The fraction of sp³-hybridized carbons (Fsp3) is 0.680. The molecule has 2 nitrogen and oxygen atoms in total. The summed E-state index contributed by atoms with van der Waals surface area (Å²) in [5.74, 6) is 0.933. The van der Waals surface area contributed by atoms with E-state index in [0.717, 1.165) is 50.0 Å². The number of hydrogen-bond donors (Lipinski definition) is 0. The minimum Gasteiger partial charge on any atom is -0.494 e. The lowest BCUT2D eigenvalue weighted by Gasteiger charge is -2.30. The largest absolute Gasteiger partial charge is 0.494 e. The molecular formula is C25H34F2O2. The van der Waals surface area contributed by atoms with Gasteiger partial charge in [0.25, 0.3) is 0 Å². The van der Waals surface area contributed by atoms with Gasteiger partial charge in [-0.3, -0.25) is 0 Å². The Hall–Kier alpha value is -1.42. The molecule has 1 aromatic rings. The molecule has 3 aliphatic carbocycles. The molecule has 0 spiro atoms. The van der Waals surface area contributed by atoms with E-state index >= 15 is 0 Å². The van der Waals surface area contributed by atoms with Gasteiger partial charge in [-0.15, -0.1) is 0 Å². The molecule has 3 atom stereocenters. The Balaban J connectivity index is 1.27. The Morgan fingerprint density at radius 3 is 2.52 bits per heavy atom. The predicted molar refractivity (Wildman–Crippen MR) is 111 cm³/mol. The van der Waals surface area contributed by atoms with Gasteiger partial charge < -0.3 is 9.47 Å². The van der Waals surface area contributed by atoms with Crippen LogP contribution in [0, 0.1) is 29.4 Å². The Morgan fingerprint density at radius 1 is 1.00 bits per heavy atom. The molecule has 0 radical (unpaired) electrons. The molecule has 2 fully saturated rings. The second kappa shape index (κ2) is 9.16. The predicted octanol–water partition coefficient (Wildman–Crippen LogP) is 6.79. The van der Waals surface area contributed by atoms with E-state index in [1.54, 1.807) is 6.07 Å². The Labute approximate surface area is 173 Å². The Bertz CT molecular complexity index is 737. The number of methoxy groups -OCH3 is 1. The van der Waals surface area contributed by atoms with Gasteiger partial charge in [-0.1, -0.05) is 31.9 Å². The van der Waals surface area contributed by atoms with Crippen LogP contribution in [-0.2, 0) is 4.74 Å². The monoisotopic (exact) mass is 404 g/mol. The van der Waals surface area contributed by atoms with Gasteiger partial charge in [0.2, 0.25) is 5.82 Å². The molecule has 3 unspecified atom stereocenters. The lowest BCUT2D eigenvalue weighted by atomic mass is 9.82. The fourth-order valence-corrected chi connectivity index (χ4v) is 6.08. The van der Waals surface area contributed by atoms with Crippen molar-refractivity contribution >= 4 is 0 Å². The van der Waals surface area contributed by atoms with Crippen LogP contribution in [0.25, 0.3) is 0 Å². The second-order valence-corrected chi connectivity index (χ2v) is 9.18. The zero-order valence-electron chi connectivity index (χ0n) is 17.8. The first-order valence-electron chi connectivity index (χ1n) is 11.4. The van der Waals surface area contributed by atoms with Crippen molar-refractivity contribution in [3.63, 3.8) is 0 Å². The van der Waals surface area contributed by atoms with Gasteiger partial charge in [0.15, 0.2) is 11.6 Å². The summed E-state index contributed by atoms with van der Waals surface area (Å²) in [4.78, 5) is 0. The first kappa shape index (κ1) is 20.8. The van der Waals surface area contributed by atoms with E-state index in [-0.39, 0.29) is 17.8 Å². The fourth-order valence-electron chi connectivity index (χ4n) is 6.08. The van der Waals surface area contributed by atoms with E-state index in [4.69, 9.17) is 9.47 Å². The maximum absolute atomic E-state index is 14.4. The van der Waals surface area contributed by atoms with Crippen molar-refractivity contribution in [2.24, 2.45) is 17.8 Å². The molecule has 2 saturated carbocycles. The first-order chi connectivity index (χ1) is 14.1. The average molecular weight is 405 g/mol. The third kappa shape index (κ3) is 4.23. The second-order valence-electron chi connectivity index (χ2n) is 9.18. The van der Waals surface area contributed by atoms with Gasteiger partial charge in [0, 0.05) is 0 Å². The van der Waals surface area contributed by atoms with Gasteiger partial charge >= 0.3 is 0 Å². The van der Waals surface area contributed by atoms with Crippen molar-refractivity contribution in [1.82, 2.24) is 0 Å². The van der Waals surface area contributed by atoms with Crippen LogP contribution in [0.5, 0.6) is 5.75 Å². The average Bonchev–Trinajstić information content (AvgIpc) is 3.32. The minimum atomic E-state index is -0.871. The van der Waals surface area contributed by atoms with E-state index in [1.807, 2.05) is 0 Å². The zero-order valence-corrected chi connectivity index (χ0v) is 17.8. The van der Waals surface area contributed by atoms with Crippen molar-refractivity contribution < 1.29 is 18.3 Å². The summed E-state index contributed by atoms with van der Waals surface area (Å²) in [5, 5.41) is 0. The third-order valence-electron chi connectivity index (χ3n) is 7.66. The number of benzene rings is 1. The van der Waals surface area contributed by atoms with Gasteiger partial charge in [-0.05, 0) is 85.8 Å². The lowest BCUT2D eigenvalue weighted by Crippen LogP contribution is -2.23. The molecule has 29 heavy (non-hydrogen) atoms. The maximum Gasteiger partial charge on any atom is 0.200 e. The normalized spacial score (nSPS) is 31.6. The van der Waals surface area contributed by atoms with E-state index in [2.05, 4.69) is 13.0 Å². The summed E-state index contributed by atoms with van der Waals surface area (Å²) in [7, 11) is 1.36. The number of rotatable bonds is 7. The Morgan fingerprint density at radius 2 is 1.79 bits per heavy atom. The molecule has 1 aromatic carbocycles. The van der Waals surface area contributed by atoms with Gasteiger partial charge in [-0.2, -0.15) is 4.39 Å². The van der Waals surface area contributed by atoms with Crippen LogP contribution in [0.3, 0.4) is 0 Å². The summed E-state index contributed by atoms with van der Waals surface area (Å²) in [5.41, 5.74) is 2.01. The number of halogens is 2. The molecule has 0 amide bonds. The molecule has 0 bridgehead atoms. The van der Waals surface area contributed by atoms with Crippen molar-refractivity contribution in [2.75, 3.05) is 13.7 Å². The van der Waals surface area contributed by atoms with Crippen LogP contribution in [0.4, 0.5) is 8.78 Å². The smallest absolute Gasteiger partial charge is 0.200 e. The zero-order chi connectivity index (χ0) is 20.4. The molecule has 0 aromatic heterocycles. The van der Waals surface area contributed by atoms with E-state index in [0.29, 0.717) is 5.56 Å². The van der Waals surface area contributed by atoms with Crippen molar-refractivity contribution in [3.8, 4) is 5.75 Å². The molecule has 4 heteroatoms. The highest BCUT2D eigenvalue weighted by atomic mass is 19.2. The minimum absolute atomic E-state index is 0.0282. The van der Waals surface area contributed by atoms with Crippen LogP contribution < -0.4 is 4.74 Å². The standard InChI is InChI=1S/C25H34F2O2/c1-3-4-16-7-11-21-18(8-12-20(16)21)15-29-19-9-5-17(6-10-19)22-13-14-23(28-2)25(27)24(22)26/h8,13-14,16-17,19-21H,3-7,9-12,15H2,1-2H3. The molecule has 0 heterocycles. The summed E-state index contributed by atoms with van der Waals surface area (Å²) < 4.78 is 39.6. The highest BCUT2D eigenvalue weighted by Crippen LogP contribution is 2.49. The molecule has 160 valence electrons. The van der Waals surface area contributed by atoms with Crippen LogP contribution >= 0.6 is 0 Å². The van der Waals surface area contributed by atoms with Crippen molar-refractivity contribution in [1.29, 1.82) is 0 Å². The quantitative estimate of drug-likeness (QED) is 0.466. The van der Waals surface area contributed by atoms with Crippen LogP contribution in [0.2, 0.25) is 0 Å². The molecule has 3 aliphatic rings. The van der Waals surface area contributed by atoms with Gasteiger partial charge in [0.05, 0.1) is 19.8 Å². The molecule has 0 saturated heterocycles. The van der Waals surface area contributed by atoms with Crippen LogP contribution in [-0.4, -0.2) is 19.8 Å². The number of ether oxygens (including phenoxy) is 2.